The minimum absolute atomic E-state index is 0.0726. The number of hydrogen-bond donors (Lipinski definition) is 1. The van der Waals surface area contributed by atoms with Crippen LogP contribution in [-0.4, -0.2) is 48.8 Å². The molecular weight excluding hydrogens is 182 g/mol. The maximum Gasteiger partial charge on any atom is 0.228 e. The lowest BCUT2D eigenvalue weighted by atomic mass is 9.95. The molecule has 4 heteroatoms. The molecule has 1 atom stereocenters. The summed E-state index contributed by atoms with van der Waals surface area (Å²) >= 11 is 0. The van der Waals surface area contributed by atoms with E-state index in [0.29, 0.717) is 12.5 Å². The van der Waals surface area contributed by atoms with Crippen LogP contribution in [0.15, 0.2) is 0 Å². The Kier molecular flexibility index (Phi) is 3.03. The van der Waals surface area contributed by atoms with Crippen molar-refractivity contribution in [3.05, 3.63) is 0 Å². The molecule has 0 saturated carbocycles. The van der Waals surface area contributed by atoms with Gasteiger partial charge >= 0.3 is 0 Å². The van der Waals surface area contributed by atoms with Crippen molar-refractivity contribution in [3.63, 3.8) is 0 Å². The second-order valence-corrected chi connectivity index (χ2v) is 4.21. The van der Waals surface area contributed by atoms with Crippen molar-refractivity contribution < 1.29 is 14.6 Å². The van der Waals surface area contributed by atoms with Gasteiger partial charge in [-0.2, -0.15) is 0 Å². The van der Waals surface area contributed by atoms with Gasteiger partial charge in [-0.05, 0) is 12.8 Å². The van der Waals surface area contributed by atoms with Crippen molar-refractivity contribution in [1.29, 1.82) is 0 Å². The minimum Gasteiger partial charge on any atom is -0.396 e. The number of likely N-dealkylation sites (tertiary alicyclic amines) is 1. The van der Waals surface area contributed by atoms with Crippen LogP contribution < -0.4 is 0 Å². The average molecular weight is 199 g/mol. The topological polar surface area (TPSA) is 49.8 Å². The fourth-order valence-electron chi connectivity index (χ4n) is 2.06. The van der Waals surface area contributed by atoms with Gasteiger partial charge in [-0.1, -0.05) is 0 Å². The Morgan fingerprint density at radius 3 is 2.86 bits per heavy atom. The molecule has 0 bridgehead atoms. The van der Waals surface area contributed by atoms with Crippen LogP contribution in [0.25, 0.3) is 0 Å². The van der Waals surface area contributed by atoms with Crippen LogP contribution in [0.1, 0.15) is 12.8 Å². The van der Waals surface area contributed by atoms with Gasteiger partial charge in [-0.15, -0.1) is 0 Å². The number of nitrogens with zero attached hydrogens (tertiary/aromatic N) is 1. The molecule has 0 aliphatic carbocycles. The molecule has 2 rings (SSSR count). The molecule has 0 aromatic carbocycles. The van der Waals surface area contributed by atoms with E-state index < -0.39 is 0 Å². The summed E-state index contributed by atoms with van der Waals surface area (Å²) < 4.78 is 5.28. The van der Waals surface area contributed by atoms with Crippen LogP contribution >= 0.6 is 0 Å². The number of carbonyl (C=O) groups is 1. The molecule has 1 unspecified atom stereocenters. The number of hydrogen-bond acceptors (Lipinski definition) is 3. The Hall–Kier alpha value is -0.610. The van der Waals surface area contributed by atoms with Crippen molar-refractivity contribution in [1.82, 2.24) is 4.90 Å². The smallest absolute Gasteiger partial charge is 0.228 e. The first-order valence-electron chi connectivity index (χ1n) is 5.28. The minimum atomic E-state index is 0.0726. The van der Waals surface area contributed by atoms with Crippen molar-refractivity contribution in [2.24, 2.45) is 11.8 Å². The molecule has 0 radical (unpaired) electrons. The summed E-state index contributed by atoms with van der Waals surface area (Å²) in [6.07, 6.45) is 1.95. The summed E-state index contributed by atoms with van der Waals surface area (Å²) in [5, 5.41) is 8.83. The second kappa shape index (κ2) is 4.28. The molecule has 1 N–H and O–H groups in total. The van der Waals surface area contributed by atoms with E-state index in [0.717, 1.165) is 32.5 Å². The fraction of sp³-hybridized carbons (Fsp3) is 0.900. The summed E-state index contributed by atoms with van der Waals surface area (Å²) in [5.41, 5.74) is 0. The maximum absolute atomic E-state index is 11.8. The highest BCUT2D eigenvalue weighted by Crippen LogP contribution is 2.22. The fourth-order valence-corrected chi connectivity index (χ4v) is 2.06. The number of ether oxygens (including phenoxy) is 1. The third kappa shape index (κ3) is 1.91. The molecule has 2 aliphatic heterocycles. The summed E-state index contributed by atoms with van der Waals surface area (Å²) in [4.78, 5) is 13.6. The highest BCUT2D eigenvalue weighted by molar-refractivity contribution is 5.79. The van der Waals surface area contributed by atoms with E-state index in [9.17, 15) is 4.79 Å². The van der Waals surface area contributed by atoms with Crippen LogP contribution in [0.5, 0.6) is 0 Å². The first-order valence-corrected chi connectivity index (χ1v) is 5.28. The summed E-state index contributed by atoms with van der Waals surface area (Å²) in [5.74, 6) is 0.598. The SMILES string of the molecule is O=C(C1CCCOC1)N1CC(CO)C1. The Bertz CT molecular complexity index is 207. The maximum atomic E-state index is 11.8. The van der Waals surface area contributed by atoms with Crippen LogP contribution in [0.2, 0.25) is 0 Å². The summed E-state index contributed by atoms with van der Waals surface area (Å²) in [6.45, 7) is 3.03. The standard InChI is InChI=1S/C10H17NO3/c12-6-8-4-11(5-8)10(13)9-2-1-3-14-7-9/h8-9,12H,1-7H2. The largest absolute Gasteiger partial charge is 0.396 e. The molecule has 0 spiro atoms. The van der Waals surface area contributed by atoms with Crippen LogP contribution in [0, 0.1) is 11.8 Å². The number of carbonyl (C=O) groups excluding carboxylic acids is 1. The lowest BCUT2D eigenvalue weighted by Crippen LogP contribution is -2.54. The van der Waals surface area contributed by atoms with Crippen molar-refractivity contribution in [2.45, 2.75) is 12.8 Å². The molecule has 4 nitrogen and oxygen atoms in total. The summed E-state index contributed by atoms with van der Waals surface area (Å²) in [7, 11) is 0. The van der Waals surface area contributed by atoms with Gasteiger partial charge in [0.05, 0.1) is 12.5 Å². The molecule has 2 heterocycles. The summed E-state index contributed by atoms with van der Waals surface area (Å²) in [6, 6.07) is 0. The van der Waals surface area contributed by atoms with Crippen LogP contribution in [0.3, 0.4) is 0 Å². The van der Waals surface area contributed by atoms with Gasteiger partial charge in [0.2, 0.25) is 5.91 Å². The van der Waals surface area contributed by atoms with Gasteiger partial charge in [0, 0.05) is 32.2 Å². The number of rotatable bonds is 2. The molecule has 1 amide bonds. The average Bonchev–Trinajstić information content (AvgIpc) is 2.17. The highest BCUT2D eigenvalue weighted by Gasteiger charge is 2.34. The molecule has 2 saturated heterocycles. The predicted molar refractivity (Wildman–Crippen MR) is 50.7 cm³/mol. The van der Waals surface area contributed by atoms with Gasteiger partial charge in [0.1, 0.15) is 0 Å². The lowest BCUT2D eigenvalue weighted by molar-refractivity contribution is -0.147. The zero-order valence-corrected chi connectivity index (χ0v) is 8.32. The molecule has 14 heavy (non-hydrogen) atoms. The Morgan fingerprint density at radius 1 is 1.50 bits per heavy atom. The van der Waals surface area contributed by atoms with E-state index in [4.69, 9.17) is 9.84 Å². The molecular formula is C10H17NO3. The number of amides is 1. The lowest BCUT2D eigenvalue weighted by Gasteiger charge is -2.40. The van der Waals surface area contributed by atoms with Gasteiger partial charge in [0.25, 0.3) is 0 Å². The van der Waals surface area contributed by atoms with Gasteiger partial charge < -0.3 is 14.7 Å². The Morgan fingerprint density at radius 2 is 2.29 bits per heavy atom. The van der Waals surface area contributed by atoms with Gasteiger partial charge in [-0.25, -0.2) is 0 Å². The van der Waals surface area contributed by atoms with E-state index in [1.54, 1.807) is 0 Å². The van der Waals surface area contributed by atoms with Crippen LogP contribution in [0.4, 0.5) is 0 Å². The van der Waals surface area contributed by atoms with Crippen molar-refractivity contribution in [2.75, 3.05) is 32.9 Å². The zero-order valence-electron chi connectivity index (χ0n) is 8.32. The Balaban J connectivity index is 1.78. The first kappa shape index (κ1) is 9.93. The predicted octanol–water partition coefficient (Wildman–Crippen LogP) is -0.136. The van der Waals surface area contributed by atoms with E-state index in [1.165, 1.54) is 0 Å². The number of aliphatic hydroxyl groups is 1. The third-order valence-electron chi connectivity index (χ3n) is 3.04. The molecule has 80 valence electrons. The quantitative estimate of drug-likeness (QED) is 0.673. The van der Waals surface area contributed by atoms with Crippen molar-refractivity contribution in [3.8, 4) is 0 Å². The molecule has 2 aliphatic rings. The third-order valence-corrected chi connectivity index (χ3v) is 3.04. The van der Waals surface area contributed by atoms with Crippen LogP contribution in [-0.2, 0) is 9.53 Å². The van der Waals surface area contributed by atoms with E-state index in [1.807, 2.05) is 4.90 Å². The normalized spacial score (nSPS) is 28.6. The second-order valence-electron chi connectivity index (χ2n) is 4.21. The molecule has 0 aromatic rings. The van der Waals surface area contributed by atoms with E-state index in [2.05, 4.69) is 0 Å². The Labute approximate surface area is 83.8 Å². The molecule has 0 aromatic heterocycles. The highest BCUT2D eigenvalue weighted by atomic mass is 16.5. The molecule has 2 fully saturated rings. The van der Waals surface area contributed by atoms with Gasteiger partial charge in [0.15, 0.2) is 0 Å². The first-order chi connectivity index (χ1) is 6.81. The van der Waals surface area contributed by atoms with E-state index >= 15 is 0 Å². The number of aliphatic hydroxyl groups excluding tert-OH is 1. The van der Waals surface area contributed by atoms with E-state index in [-0.39, 0.29) is 18.4 Å². The van der Waals surface area contributed by atoms with Gasteiger partial charge in [-0.3, -0.25) is 4.79 Å². The monoisotopic (exact) mass is 199 g/mol. The zero-order chi connectivity index (χ0) is 9.97. The van der Waals surface area contributed by atoms with Crippen molar-refractivity contribution >= 4 is 5.91 Å².